The van der Waals surface area contributed by atoms with Gasteiger partial charge in [0.1, 0.15) is 11.5 Å². The molecule has 1 unspecified atom stereocenters. The van der Waals surface area contributed by atoms with Crippen LogP contribution < -0.4 is 15.6 Å². The van der Waals surface area contributed by atoms with Gasteiger partial charge in [-0.1, -0.05) is 45.4 Å². The number of anilines is 2. The molecule has 0 bridgehead atoms. The van der Waals surface area contributed by atoms with Crippen molar-refractivity contribution in [2.24, 2.45) is 5.41 Å². The maximum absolute atomic E-state index is 11.6. The van der Waals surface area contributed by atoms with E-state index in [2.05, 4.69) is 55.3 Å². The first kappa shape index (κ1) is 26.3. The van der Waals surface area contributed by atoms with E-state index in [1.165, 1.54) is 17.7 Å². The summed E-state index contributed by atoms with van der Waals surface area (Å²) in [5, 5.41) is 24.9. The molecule has 194 valence electrons. The van der Waals surface area contributed by atoms with E-state index in [4.69, 9.17) is 4.74 Å². The highest BCUT2D eigenvalue weighted by Crippen LogP contribution is 2.31. The molecule has 1 atom stereocenters. The van der Waals surface area contributed by atoms with Crippen molar-refractivity contribution >= 4 is 22.3 Å². The summed E-state index contributed by atoms with van der Waals surface area (Å²) < 4.78 is 5.84. The average molecular weight is 501 g/mol. The summed E-state index contributed by atoms with van der Waals surface area (Å²) in [6, 6.07) is 22.7. The second-order valence-corrected chi connectivity index (χ2v) is 10.7. The topological polar surface area (TPSA) is 94.6 Å². The molecule has 4 rings (SSSR count). The lowest BCUT2D eigenvalue weighted by Crippen LogP contribution is -2.16. The van der Waals surface area contributed by atoms with Gasteiger partial charge >= 0.3 is 0 Å². The fourth-order valence-electron chi connectivity index (χ4n) is 4.23. The molecular weight excluding hydrogens is 464 g/mol. The van der Waals surface area contributed by atoms with Gasteiger partial charge in [0.25, 0.3) is 0 Å². The van der Waals surface area contributed by atoms with Crippen molar-refractivity contribution in [3.63, 3.8) is 0 Å². The number of aromatic hydroxyl groups is 1. The van der Waals surface area contributed by atoms with Gasteiger partial charge in [-0.25, -0.2) is 0 Å². The number of unbranched alkanes of at least 4 members (excludes halogenated alkanes) is 1. The quantitative estimate of drug-likeness (QED) is 0.179. The molecule has 0 fully saturated rings. The minimum atomic E-state index is -0.661. The van der Waals surface area contributed by atoms with Gasteiger partial charge in [0.05, 0.1) is 18.2 Å². The van der Waals surface area contributed by atoms with Crippen molar-refractivity contribution in [2.45, 2.75) is 52.6 Å². The fourth-order valence-corrected chi connectivity index (χ4v) is 4.23. The van der Waals surface area contributed by atoms with E-state index in [1.54, 1.807) is 12.1 Å². The smallest absolute Gasteiger partial charge is 0.248 e. The summed E-state index contributed by atoms with van der Waals surface area (Å²) in [6.07, 6.45) is 2.68. The summed E-state index contributed by atoms with van der Waals surface area (Å²) in [5.74, 6) is 0.873. The van der Waals surface area contributed by atoms with Crippen LogP contribution in [0.1, 0.15) is 57.3 Å². The van der Waals surface area contributed by atoms with Crippen LogP contribution >= 0.6 is 0 Å². The zero-order valence-electron chi connectivity index (χ0n) is 21.8. The number of benzene rings is 3. The second kappa shape index (κ2) is 11.5. The third kappa shape index (κ3) is 7.37. The second-order valence-electron chi connectivity index (χ2n) is 10.7. The van der Waals surface area contributed by atoms with Crippen molar-refractivity contribution in [2.75, 3.05) is 11.9 Å². The zero-order chi connectivity index (χ0) is 26.4. The Hall–Kier alpha value is -3.77. The highest BCUT2D eigenvalue weighted by Gasteiger charge is 2.14. The molecule has 0 amide bonds. The molecule has 4 N–H and O–H groups in total. The van der Waals surface area contributed by atoms with Crippen LogP contribution in [-0.2, 0) is 6.42 Å². The number of hydrogen-bond acceptors (Lipinski definition) is 5. The number of aryl methyl sites for hydroxylation is 1. The molecule has 0 aliphatic heterocycles. The van der Waals surface area contributed by atoms with E-state index in [0.717, 1.165) is 36.4 Å². The third-order valence-electron chi connectivity index (χ3n) is 6.23. The van der Waals surface area contributed by atoms with Crippen LogP contribution in [0.15, 0.2) is 77.6 Å². The van der Waals surface area contributed by atoms with Crippen LogP contribution in [0, 0.1) is 5.41 Å². The van der Waals surface area contributed by atoms with Crippen LogP contribution in [0.3, 0.4) is 0 Å². The fraction of sp³-hybridized carbons (Fsp3) is 0.323. The Balaban J connectivity index is 1.25. The predicted molar refractivity (Wildman–Crippen MR) is 150 cm³/mol. The zero-order valence-corrected chi connectivity index (χ0v) is 21.8. The van der Waals surface area contributed by atoms with E-state index < -0.39 is 6.10 Å². The van der Waals surface area contributed by atoms with E-state index in [1.807, 2.05) is 24.3 Å². The molecule has 0 aliphatic rings. The Morgan fingerprint density at radius 3 is 2.24 bits per heavy atom. The molecule has 1 aromatic heterocycles. The van der Waals surface area contributed by atoms with Crippen LogP contribution in [0.4, 0.5) is 11.4 Å². The number of aromatic amines is 1. The van der Waals surface area contributed by atoms with Crippen LogP contribution in [0.25, 0.3) is 10.9 Å². The highest BCUT2D eigenvalue weighted by molar-refractivity contribution is 5.87. The lowest BCUT2D eigenvalue weighted by molar-refractivity contribution is 0.165. The number of hydrogen-bond donors (Lipinski definition) is 4. The Morgan fingerprint density at radius 1 is 0.892 bits per heavy atom. The summed E-state index contributed by atoms with van der Waals surface area (Å²) in [4.78, 5) is 14.2. The summed E-state index contributed by atoms with van der Waals surface area (Å²) in [5.41, 5.74) is 4.21. The SMILES string of the molecule is CC(C)(C)COc1ccc(Nc2ccc(CCCCC(O)c3ccc(O)c4[nH]c(=O)ccc34)cc2)cc1. The number of aromatic nitrogens is 1. The van der Waals surface area contributed by atoms with Crippen molar-refractivity contribution in [1.82, 2.24) is 4.98 Å². The molecule has 1 heterocycles. The first-order chi connectivity index (χ1) is 17.7. The molecule has 0 saturated carbocycles. The number of rotatable bonds is 10. The van der Waals surface area contributed by atoms with Gasteiger partial charge in [-0.3, -0.25) is 4.79 Å². The van der Waals surface area contributed by atoms with Crippen molar-refractivity contribution in [3.8, 4) is 11.5 Å². The average Bonchev–Trinajstić information content (AvgIpc) is 2.87. The van der Waals surface area contributed by atoms with Crippen molar-refractivity contribution in [1.29, 1.82) is 0 Å². The normalized spacial score (nSPS) is 12.4. The Kier molecular flexibility index (Phi) is 8.19. The van der Waals surface area contributed by atoms with Gasteiger partial charge in [-0.15, -0.1) is 0 Å². The van der Waals surface area contributed by atoms with E-state index in [9.17, 15) is 15.0 Å². The van der Waals surface area contributed by atoms with Gasteiger partial charge in [-0.05, 0) is 84.3 Å². The number of nitrogens with one attached hydrogen (secondary N) is 2. The van der Waals surface area contributed by atoms with Crippen molar-refractivity contribution in [3.05, 3.63) is 94.3 Å². The van der Waals surface area contributed by atoms with Gasteiger partial charge in [-0.2, -0.15) is 0 Å². The molecule has 0 saturated heterocycles. The van der Waals surface area contributed by atoms with Crippen LogP contribution in [-0.4, -0.2) is 21.8 Å². The molecule has 0 spiro atoms. The summed E-state index contributed by atoms with van der Waals surface area (Å²) in [6.45, 7) is 7.14. The molecule has 6 nitrogen and oxygen atoms in total. The van der Waals surface area contributed by atoms with Gasteiger partial charge in [0, 0.05) is 22.8 Å². The molecule has 0 aliphatic carbocycles. The first-order valence-electron chi connectivity index (χ1n) is 12.8. The van der Waals surface area contributed by atoms with E-state index in [0.29, 0.717) is 29.5 Å². The van der Waals surface area contributed by atoms with E-state index >= 15 is 0 Å². The van der Waals surface area contributed by atoms with Crippen LogP contribution in [0.2, 0.25) is 0 Å². The van der Waals surface area contributed by atoms with E-state index in [-0.39, 0.29) is 16.7 Å². The largest absolute Gasteiger partial charge is 0.506 e. The Morgan fingerprint density at radius 2 is 1.57 bits per heavy atom. The number of phenolic OH excluding ortho intramolecular Hbond substituents is 1. The summed E-state index contributed by atoms with van der Waals surface area (Å²) >= 11 is 0. The lowest BCUT2D eigenvalue weighted by Gasteiger charge is -2.19. The Labute approximate surface area is 218 Å². The van der Waals surface area contributed by atoms with Gasteiger partial charge < -0.3 is 25.3 Å². The molecule has 3 aromatic carbocycles. The third-order valence-corrected chi connectivity index (χ3v) is 6.23. The number of fused-ring (bicyclic) bond motifs is 1. The lowest BCUT2D eigenvalue weighted by atomic mass is 9.97. The van der Waals surface area contributed by atoms with Crippen molar-refractivity contribution < 1.29 is 14.9 Å². The molecule has 37 heavy (non-hydrogen) atoms. The number of phenols is 1. The van der Waals surface area contributed by atoms with Crippen LogP contribution in [0.5, 0.6) is 11.5 Å². The number of pyridine rings is 1. The van der Waals surface area contributed by atoms with Gasteiger partial charge in [0.2, 0.25) is 5.56 Å². The number of H-pyrrole nitrogens is 1. The predicted octanol–water partition coefficient (Wildman–Crippen LogP) is 6.85. The molecular formula is C31H36N2O4. The molecule has 4 aromatic rings. The number of aliphatic hydroxyl groups excluding tert-OH is 1. The summed E-state index contributed by atoms with van der Waals surface area (Å²) in [7, 11) is 0. The minimum absolute atomic E-state index is 0.00344. The minimum Gasteiger partial charge on any atom is -0.506 e. The maximum atomic E-state index is 11.6. The standard InChI is InChI=1S/C31H36N2O4/c1-31(2,3)20-37-24-14-12-23(13-15-24)32-22-10-8-21(9-11-22)6-4-5-7-27(34)25-16-18-28(35)30-26(25)17-19-29(36)33-30/h8-19,27,32,34-35H,4-7,20H2,1-3H3,(H,33,36). The highest BCUT2D eigenvalue weighted by atomic mass is 16.5. The Bertz CT molecular complexity index is 1370. The number of ether oxygens (including phenoxy) is 1. The monoisotopic (exact) mass is 500 g/mol. The first-order valence-corrected chi connectivity index (χ1v) is 12.8. The maximum Gasteiger partial charge on any atom is 0.248 e. The van der Waals surface area contributed by atoms with Gasteiger partial charge in [0.15, 0.2) is 0 Å². The number of aliphatic hydroxyl groups is 1. The molecule has 0 radical (unpaired) electrons. The molecule has 6 heteroatoms.